The van der Waals surface area contributed by atoms with Crippen molar-refractivity contribution in [1.29, 1.82) is 0 Å². The van der Waals surface area contributed by atoms with Crippen LogP contribution >= 0.6 is 0 Å². The standard InChI is InChI=1S/C18H27N3O2/c1-23-17-9-5-4-8-16(17)21-12-10-20(11-13-21)14-18(22)19-15-6-2-3-7-15/h4-5,8-9,15H,2-3,6-7,10-14H2,1H3,(H,19,22). The van der Waals surface area contributed by atoms with E-state index in [-0.39, 0.29) is 5.91 Å². The first-order chi connectivity index (χ1) is 11.3. The number of anilines is 1. The summed E-state index contributed by atoms with van der Waals surface area (Å²) in [7, 11) is 1.71. The molecule has 5 heteroatoms. The Morgan fingerprint density at radius 1 is 1.17 bits per heavy atom. The number of methoxy groups -OCH3 is 1. The van der Waals surface area contributed by atoms with E-state index >= 15 is 0 Å². The molecular formula is C18H27N3O2. The number of ether oxygens (including phenoxy) is 1. The number of benzene rings is 1. The highest BCUT2D eigenvalue weighted by Crippen LogP contribution is 2.28. The van der Waals surface area contributed by atoms with Crippen molar-refractivity contribution < 1.29 is 9.53 Å². The Morgan fingerprint density at radius 3 is 2.57 bits per heavy atom. The summed E-state index contributed by atoms with van der Waals surface area (Å²) in [5, 5.41) is 3.17. The van der Waals surface area contributed by atoms with Gasteiger partial charge in [-0.1, -0.05) is 25.0 Å². The second kappa shape index (κ2) is 7.68. The maximum Gasteiger partial charge on any atom is 0.234 e. The number of carbonyl (C=O) groups excluding carboxylic acids is 1. The summed E-state index contributed by atoms with van der Waals surface area (Å²) in [4.78, 5) is 16.7. The molecule has 1 amide bonds. The van der Waals surface area contributed by atoms with Gasteiger partial charge in [-0.3, -0.25) is 9.69 Å². The number of hydrogen-bond donors (Lipinski definition) is 1. The molecule has 1 heterocycles. The highest BCUT2D eigenvalue weighted by molar-refractivity contribution is 5.78. The number of nitrogens with zero attached hydrogens (tertiary/aromatic N) is 2. The minimum atomic E-state index is 0.183. The van der Waals surface area contributed by atoms with Crippen LogP contribution in [-0.2, 0) is 4.79 Å². The Bertz CT molecular complexity index is 521. The van der Waals surface area contributed by atoms with Crippen molar-refractivity contribution in [2.24, 2.45) is 0 Å². The van der Waals surface area contributed by atoms with Crippen molar-refractivity contribution in [2.45, 2.75) is 31.7 Å². The summed E-state index contributed by atoms with van der Waals surface area (Å²) in [6.45, 7) is 4.21. The van der Waals surface area contributed by atoms with Gasteiger partial charge in [0.05, 0.1) is 19.3 Å². The largest absolute Gasteiger partial charge is 0.495 e. The van der Waals surface area contributed by atoms with E-state index in [1.165, 1.54) is 12.8 Å². The zero-order valence-corrected chi connectivity index (χ0v) is 14.0. The molecule has 1 aliphatic carbocycles. The fourth-order valence-electron chi connectivity index (χ4n) is 3.58. The van der Waals surface area contributed by atoms with Gasteiger partial charge in [0.1, 0.15) is 5.75 Å². The lowest BCUT2D eigenvalue weighted by molar-refractivity contribution is -0.123. The van der Waals surface area contributed by atoms with Gasteiger partial charge in [0, 0.05) is 32.2 Å². The molecule has 23 heavy (non-hydrogen) atoms. The van der Waals surface area contributed by atoms with Crippen molar-refractivity contribution in [3.05, 3.63) is 24.3 Å². The maximum atomic E-state index is 12.1. The van der Waals surface area contributed by atoms with E-state index in [9.17, 15) is 4.79 Å². The molecule has 0 radical (unpaired) electrons. The van der Waals surface area contributed by atoms with Gasteiger partial charge in [0.25, 0.3) is 0 Å². The van der Waals surface area contributed by atoms with Crippen molar-refractivity contribution in [3.8, 4) is 5.75 Å². The lowest BCUT2D eigenvalue weighted by Crippen LogP contribution is -2.50. The third-order valence-electron chi connectivity index (χ3n) is 4.89. The van der Waals surface area contributed by atoms with Crippen LogP contribution in [0.15, 0.2) is 24.3 Å². The topological polar surface area (TPSA) is 44.8 Å². The van der Waals surface area contributed by atoms with Gasteiger partial charge in [-0.2, -0.15) is 0 Å². The van der Waals surface area contributed by atoms with E-state index in [1.807, 2.05) is 18.2 Å². The first kappa shape index (κ1) is 16.1. The molecule has 5 nitrogen and oxygen atoms in total. The molecule has 1 saturated heterocycles. The number of piperazine rings is 1. The van der Waals surface area contributed by atoms with Gasteiger partial charge in [-0.25, -0.2) is 0 Å². The Labute approximate surface area is 138 Å². The third kappa shape index (κ3) is 4.16. The van der Waals surface area contributed by atoms with Crippen LogP contribution in [0.5, 0.6) is 5.75 Å². The highest BCUT2D eigenvalue weighted by Gasteiger charge is 2.22. The minimum Gasteiger partial charge on any atom is -0.495 e. The molecule has 1 aliphatic heterocycles. The van der Waals surface area contributed by atoms with E-state index in [0.717, 1.165) is 50.5 Å². The molecule has 0 bridgehead atoms. The van der Waals surface area contributed by atoms with E-state index in [1.54, 1.807) is 7.11 Å². The molecule has 1 aromatic carbocycles. The second-order valence-corrected chi connectivity index (χ2v) is 6.48. The van der Waals surface area contributed by atoms with Crippen LogP contribution in [0.2, 0.25) is 0 Å². The molecular weight excluding hydrogens is 290 g/mol. The normalized spacial score (nSPS) is 19.8. The number of nitrogens with one attached hydrogen (secondary N) is 1. The number of hydrogen-bond acceptors (Lipinski definition) is 4. The van der Waals surface area contributed by atoms with Crippen LogP contribution in [-0.4, -0.2) is 56.7 Å². The maximum absolute atomic E-state index is 12.1. The number of amides is 1. The summed E-state index contributed by atoms with van der Waals surface area (Å²) < 4.78 is 5.44. The lowest BCUT2D eigenvalue weighted by Gasteiger charge is -2.36. The summed E-state index contributed by atoms with van der Waals surface area (Å²) in [5.74, 6) is 1.10. The van der Waals surface area contributed by atoms with Gasteiger partial charge < -0.3 is 15.0 Å². The average molecular weight is 317 g/mol. The molecule has 2 fully saturated rings. The molecule has 1 saturated carbocycles. The second-order valence-electron chi connectivity index (χ2n) is 6.48. The fourth-order valence-corrected chi connectivity index (χ4v) is 3.58. The van der Waals surface area contributed by atoms with Gasteiger partial charge in [0.2, 0.25) is 5.91 Å². The first-order valence-corrected chi connectivity index (χ1v) is 8.66. The average Bonchev–Trinajstić information content (AvgIpc) is 3.08. The van der Waals surface area contributed by atoms with Crippen LogP contribution in [0, 0.1) is 0 Å². The summed E-state index contributed by atoms with van der Waals surface area (Å²) in [6.07, 6.45) is 4.80. The van der Waals surface area contributed by atoms with Gasteiger partial charge in [0.15, 0.2) is 0 Å². The first-order valence-electron chi connectivity index (χ1n) is 8.66. The molecule has 126 valence electrons. The fraction of sp³-hybridized carbons (Fsp3) is 0.611. The van der Waals surface area contributed by atoms with Gasteiger partial charge in [-0.05, 0) is 25.0 Å². The summed E-state index contributed by atoms with van der Waals surface area (Å²) in [6, 6.07) is 8.54. The summed E-state index contributed by atoms with van der Waals surface area (Å²) >= 11 is 0. The predicted octanol–water partition coefficient (Wildman–Crippen LogP) is 1.88. The smallest absolute Gasteiger partial charge is 0.234 e. The van der Waals surface area contributed by atoms with Gasteiger partial charge in [-0.15, -0.1) is 0 Å². The highest BCUT2D eigenvalue weighted by atomic mass is 16.5. The molecule has 1 N–H and O–H groups in total. The Kier molecular flexibility index (Phi) is 5.39. The third-order valence-corrected chi connectivity index (χ3v) is 4.89. The SMILES string of the molecule is COc1ccccc1N1CCN(CC(=O)NC2CCCC2)CC1. The van der Waals surface area contributed by atoms with Crippen molar-refractivity contribution >= 4 is 11.6 Å². The van der Waals surface area contributed by atoms with Crippen LogP contribution in [0.1, 0.15) is 25.7 Å². The van der Waals surface area contributed by atoms with Crippen LogP contribution < -0.4 is 15.0 Å². The minimum absolute atomic E-state index is 0.183. The molecule has 2 aliphatic rings. The van der Waals surface area contributed by atoms with Crippen LogP contribution in [0.4, 0.5) is 5.69 Å². The van der Waals surface area contributed by atoms with Crippen molar-refractivity contribution in [2.75, 3.05) is 44.7 Å². The zero-order chi connectivity index (χ0) is 16.1. The van der Waals surface area contributed by atoms with Crippen LogP contribution in [0.25, 0.3) is 0 Å². The molecule has 0 spiro atoms. The predicted molar refractivity (Wildman–Crippen MR) is 92.0 cm³/mol. The molecule has 0 unspecified atom stereocenters. The van der Waals surface area contributed by atoms with Gasteiger partial charge >= 0.3 is 0 Å². The van der Waals surface area contributed by atoms with Crippen molar-refractivity contribution in [1.82, 2.24) is 10.2 Å². The lowest BCUT2D eigenvalue weighted by atomic mass is 10.2. The zero-order valence-electron chi connectivity index (χ0n) is 14.0. The Morgan fingerprint density at radius 2 is 1.87 bits per heavy atom. The van der Waals surface area contributed by atoms with E-state index in [2.05, 4.69) is 21.2 Å². The number of para-hydroxylation sites is 2. The number of carbonyl (C=O) groups is 1. The monoisotopic (exact) mass is 317 g/mol. The summed E-state index contributed by atoms with van der Waals surface area (Å²) in [5.41, 5.74) is 1.14. The quantitative estimate of drug-likeness (QED) is 0.900. The molecule has 3 rings (SSSR count). The van der Waals surface area contributed by atoms with Crippen molar-refractivity contribution in [3.63, 3.8) is 0 Å². The molecule has 0 aromatic heterocycles. The molecule has 0 atom stereocenters. The Hall–Kier alpha value is -1.75. The molecule has 1 aromatic rings. The Balaban J connectivity index is 1.47. The number of rotatable bonds is 5. The van der Waals surface area contributed by atoms with Crippen LogP contribution in [0.3, 0.4) is 0 Å². The van der Waals surface area contributed by atoms with E-state index < -0.39 is 0 Å². The van der Waals surface area contributed by atoms with E-state index in [0.29, 0.717) is 12.6 Å². The van der Waals surface area contributed by atoms with E-state index in [4.69, 9.17) is 4.74 Å².